The minimum Gasteiger partial charge on any atom is -0.311 e. The normalized spacial score (nSPS) is 13.5. The Kier molecular flexibility index (Phi) is 3.64. The molecule has 0 spiro atoms. The van der Waals surface area contributed by atoms with Gasteiger partial charge in [0.25, 0.3) is 0 Å². The summed E-state index contributed by atoms with van der Waals surface area (Å²) in [6, 6.07) is 17.6. The first kappa shape index (κ1) is 14.7. The Balaban J connectivity index is 1.85. The molecular formula is C20H17N3O. The first-order valence-electron chi connectivity index (χ1n) is 8.12. The predicted molar refractivity (Wildman–Crippen MR) is 92.8 cm³/mol. The van der Waals surface area contributed by atoms with Crippen LogP contribution in [0.1, 0.15) is 27.2 Å². The number of hydrogen-bond donors (Lipinski definition) is 1. The molecule has 0 bridgehead atoms. The lowest BCUT2D eigenvalue weighted by Crippen LogP contribution is -2.27. The number of nitrogens with zero attached hydrogens (tertiary/aromatic N) is 2. The van der Waals surface area contributed by atoms with Crippen LogP contribution >= 0.6 is 0 Å². The lowest BCUT2D eigenvalue weighted by molar-refractivity contribution is 0.0915. The lowest BCUT2D eigenvalue weighted by atomic mass is 10.0. The van der Waals surface area contributed by atoms with Gasteiger partial charge in [0, 0.05) is 17.6 Å². The van der Waals surface area contributed by atoms with E-state index < -0.39 is 0 Å². The van der Waals surface area contributed by atoms with E-state index in [1.807, 2.05) is 47.0 Å². The summed E-state index contributed by atoms with van der Waals surface area (Å²) in [6.45, 7) is 1.59. The number of benzene rings is 2. The highest BCUT2D eigenvalue weighted by Crippen LogP contribution is 2.29. The third-order valence-electron chi connectivity index (χ3n) is 4.60. The van der Waals surface area contributed by atoms with E-state index in [-0.39, 0.29) is 5.91 Å². The van der Waals surface area contributed by atoms with Gasteiger partial charge in [-0.05, 0) is 42.3 Å². The van der Waals surface area contributed by atoms with Crippen LogP contribution in [-0.2, 0) is 19.4 Å². The summed E-state index contributed by atoms with van der Waals surface area (Å²) in [7, 11) is 0. The van der Waals surface area contributed by atoms with E-state index in [2.05, 4.69) is 11.4 Å². The van der Waals surface area contributed by atoms with Gasteiger partial charge in [-0.2, -0.15) is 5.26 Å². The van der Waals surface area contributed by atoms with Gasteiger partial charge in [-0.25, -0.2) is 0 Å². The van der Waals surface area contributed by atoms with Crippen molar-refractivity contribution in [2.45, 2.75) is 19.4 Å². The molecule has 4 heteroatoms. The zero-order valence-corrected chi connectivity index (χ0v) is 13.2. The van der Waals surface area contributed by atoms with E-state index in [0.717, 1.165) is 35.1 Å². The van der Waals surface area contributed by atoms with Crippen LogP contribution < -0.4 is 5.32 Å². The van der Waals surface area contributed by atoms with Crippen molar-refractivity contribution >= 4 is 16.8 Å². The molecule has 0 amide bonds. The molecule has 4 nitrogen and oxygen atoms in total. The summed E-state index contributed by atoms with van der Waals surface area (Å²) in [5, 5.41) is 13.6. The molecule has 3 aromatic rings. The number of carbonyl (C=O) groups excluding carboxylic acids is 1. The number of nitrogens with one attached hydrogen (secondary N) is 1. The van der Waals surface area contributed by atoms with Crippen LogP contribution in [0, 0.1) is 11.3 Å². The van der Waals surface area contributed by atoms with Crippen molar-refractivity contribution in [1.82, 2.24) is 9.88 Å². The van der Waals surface area contributed by atoms with Crippen molar-refractivity contribution in [3.8, 4) is 6.07 Å². The van der Waals surface area contributed by atoms with Crippen molar-refractivity contribution < 1.29 is 4.79 Å². The highest BCUT2D eigenvalue weighted by atomic mass is 16.2. The van der Waals surface area contributed by atoms with Crippen LogP contribution in [0.2, 0.25) is 0 Å². The molecule has 4 rings (SSSR count). The van der Waals surface area contributed by atoms with Gasteiger partial charge in [0.2, 0.25) is 5.91 Å². The first-order chi connectivity index (χ1) is 11.8. The summed E-state index contributed by atoms with van der Waals surface area (Å²) in [6.07, 6.45) is 1.25. The Bertz CT molecular complexity index is 964. The highest BCUT2D eigenvalue weighted by Gasteiger charge is 2.23. The molecule has 1 aliphatic heterocycles. The van der Waals surface area contributed by atoms with E-state index in [4.69, 9.17) is 0 Å². The molecule has 0 fully saturated rings. The molecule has 0 unspecified atom stereocenters. The van der Waals surface area contributed by atoms with Crippen molar-refractivity contribution in [3.63, 3.8) is 0 Å². The zero-order valence-electron chi connectivity index (χ0n) is 13.2. The molecule has 1 aliphatic rings. The largest absolute Gasteiger partial charge is 0.311 e. The third-order valence-corrected chi connectivity index (χ3v) is 4.60. The van der Waals surface area contributed by atoms with Crippen molar-refractivity contribution in [3.05, 3.63) is 70.9 Å². The fourth-order valence-electron chi connectivity index (χ4n) is 3.50. The van der Waals surface area contributed by atoms with Gasteiger partial charge >= 0.3 is 0 Å². The van der Waals surface area contributed by atoms with E-state index in [1.54, 1.807) is 6.07 Å². The molecule has 1 N–H and O–H groups in total. The molecule has 2 heterocycles. The topological polar surface area (TPSA) is 57.8 Å². The van der Waals surface area contributed by atoms with Crippen LogP contribution in [0.25, 0.3) is 10.9 Å². The Labute approximate surface area is 140 Å². The Morgan fingerprint density at radius 2 is 2.04 bits per heavy atom. The third kappa shape index (κ3) is 2.40. The Hall–Kier alpha value is -2.90. The van der Waals surface area contributed by atoms with Gasteiger partial charge in [0.05, 0.1) is 23.6 Å². The van der Waals surface area contributed by atoms with Crippen LogP contribution in [0.3, 0.4) is 0 Å². The van der Waals surface area contributed by atoms with Crippen LogP contribution in [0.4, 0.5) is 0 Å². The SMILES string of the molecule is N#Cc1ccc2c(c1)c1c(n2C(=O)Cc2ccccc2)CNCC1. The number of carbonyl (C=O) groups is 1. The summed E-state index contributed by atoms with van der Waals surface area (Å²) in [5.41, 5.74) is 4.78. The zero-order chi connectivity index (χ0) is 16.5. The van der Waals surface area contributed by atoms with Gasteiger partial charge in [0.15, 0.2) is 0 Å². The molecule has 0 atom stereocenters. The van der Waals surface area contributed by atoms with E-state index >= 15 is 0 Å². The maximum Gasteiger partial charge on any atom is 0.235 e. The van der Waals surface area contributed by atoms with Crippen molar-refractivity contribution in [2.24, 2.45) is 0 Å². The van der Waals surface area contributed by atoms with Gasteiger partial charge in [-0.1, -0.05) is 30.3 Å². The minimum absolute atomic E-state index is 0.0702. The van der Waals surface area contributed by atoms with E-state index in [0.29, 0.717) is 18.5 Å². The number of aromatic nitrogens is 1. The second kappa shape index (κ2) is 5.95. The first-order valence-corrected chi connectivity index (χ1v) is 8.12. The molecule has 118 valence electrons. The molecule has 24 heavy (non-hydrogen) atoms. The van der Waals surface area contributed by atoms with Crippen LogP contribution in [0.5, 0.6) is 0 Å². The predicted octanol–water partition coefficient (Wildman–Crippen LogP) is 3.04. The smallest absolute Gasteiger partial charge is 0.235 e. The highest BCUT2D eigenvalue weighted by molar-refractivity contribution is 5.97. The average Bonchev–Trinajstić information content (AvgIpc) is 2.96. The summed E-state index contributed by atoms with van der Waals surface area (Å²) < 4.78 is 1.84. The molecule has 0 aliphatic carbocycles. The monoisotopic (exact) mass is 315 g/mol. The summed E-state index contributed by atoms with van der Waals surface area (Å²) in [4.78, 5) is 13.0. The molecule has 0 saturated heterocycles. The molecule has 2 aromatic carbocycles. The fourth-order valence-corrected chi connectivity index (χ4v) is 3.50. The lowest BCUT2D eigenvalue weighted by Gasteiger charge is -2.16. The number of hydrogen-bond acceptors (Lipinski definition) is 3. The van der Waals surface area contributed by atoms with Crippen LogP contribution in [-0.4, -0.2) is 17.0 Å². The maximum absolute atomic E-state index is 13.0. The van der Waals surface area contributed by atoms with Gasteiger partial charge in [-0.3, -0.25) is 9.36 Å². The fraction of sp³-hybridized carbons (Fsp3) is 0.200. The second-order valence-corrected chi connectivity index (χ2v) is 6.09. The number of rotatable bonds is 2. The van der Waals surface area contributed by atoms with E-state index in [9.17, 15) is 10.1 Å². The number of nitriles is 1. The Morgan fingerprint density at radius 3 is 2.83 bits per heavy atom. The summed E-state index contributed by atoms with van der Waals surface area (Å²) in [5.74, 6) is 0.0702. The van der Waals surface area contributed by atoms with Crippen LogP contribution in [0.15, 0.2) is 48.5 Å². The van der Waals surface area contributed by atoms with Gasteiger partial charge in [-0.15, -0.1) is 0 Å². The van der Waals surface area contributed by atoms with Gasteiger partial charge in [0.1, 0.15) is 0 Å². The van der Waals surface area contributed by atoms with Crippen molar-refractivity contribution in [1.29, 1.82) is 5.26 Å². The summed E-state index contributed by atoms with van der Waals surface area (Å²) >= 11 is 0. The maximum atomic E-state index is 13.0. The molecule has 0 saturated carbocycles. The molecular weight excluding hydrogens is 298 g/mol. The standard InChI is InChI=1S/C20H17N3O/c21-12-15-6-7-18-17(10-15)16-8-9-22-13-19(16)23(18)20(24)11-14-4-2-1-3-5-14/h1-7,10,22H,8-9,11,13H2. The van der Waals surface area contributed by atoms with Gasteiger partial charge < -0.3 is 5.32 Å². The van der Waals surface area contributed by atoms with Crippen molar-refractivity contribution in [2.75, 3.05) is 6.54 Å². The second-order valence-electron chi connectivity index (χ2n) is 6.09. The molecule has 1 aromatic heterocycles. The minimum atomic E-state index is 0.0702. The quantitative estimate of drug-likeness (QED) is 0.791. The Morgan fingerprint density at radius 1 is 1.21 bits per heavy atom. The number of fused-ring (bicyclic) bond motifs is 3. The average molecular weight is 315 g/mol. The van der Waals surface area contributed by atoms with E-state index in [1.165, 1.54) is 5.56 Å². The molecule has 0 radical (unpaired) electrons.